The van der Waals surface area contributed by atoms with Crippen molar-refractivity contribution in [1.82, 2.24) is 9.80 Å². The van der Waals surface area contributed by atoms with E-state index in [-0.39, 0.29) is 24.3 Å². The second kappa shape index (κ2) is 8.70. The van der Waals surface area contributed by atoms with Gasteiger partial charge in [0.25, 0.3) is 0 Å². The molecule has 6 nitrogen and oxygen atoms in total. The first-order valence-electron chi connectivity index (χ1n) is 9.73. The maximum absolute atomic E-state index is 13.1. The predicted octanol–water partition coefficient (Wildman–Crippen LogP) is 3.72. The zero-order valence-corrected chi connectivity index (χ0v) is 17.7. The lowest BCUT2D eigenvalue weighted by Gasteiger charge is -2.37. The van der Waals surface area contributed by atoms with E-state index < -0.39 is 0 Å². The van der Waals surface area contributed by atoms with Gasteiger partial charge in [-0.25, -0.2) is 9.18 Å². The maximum atomic E-state index is 13.1. The lowest BCUT2D eigenvalue weighted by Crippen LogP contribution is -2.51. The average molecular weight is 451 g/mol. The molecule has 0 radical (unpaired) electrons. The van der Waals surface area contributed by atoms with Crippen molar-refractivity contribution in [2.24, 2.45) is 0 Å². The number of urea groups is 1. The molecule has 4 rings (SSSR count). The first-order valence-corrected chi connectivity index (χ1v) is 10.5. The molecular formula is C21H21Cl2FN4O2. The summed E-state index contributed by atoms with van der Waals surface area (Å²) in [5.41, 5.74) is 1.49. The fourth-order valence-corrected chi connectivity index (χ4v) is 4.20. The van der Waals surface area contributed by atoms with Crippen LogP contribution >= 0.6 is 23.2 Å². The van der Waals surface area contributed by atoms with E-state index in [1.54, 1.807) is 28.0 Å². The van der Waals surface area contributed by atoms with E-state index in [1.165, 1.54) is 17.0 Å². The summed E-state index contributed by atoms with van der Waals surface area (Å²) < 4.78 is 13.1. The molecule has 30 heavy (non-hydrogen) atoms. The van der Waals surface area contributed by atoms with Gasteiger partial charge < -0.3 is 14.7 Å². The van der Waals surface area contributed by atoms with Gasteiger partial charge in [0, 0.05) is 45.0 Å². The van der Waals surface area contributed by atoms with Crippen LogP contribution in [-0.2, 0) is 4.79 Å². The molecule has 0 saturated carbocycles. The Morgan fingerprint density at radius 1 is 0.933 bits per heavy atom. The lowest BCUT2D eigenvalue weighted by molar-refractivity contribution is -0.131. The van der Waals surface area contributed by atoms with E-state index in [0.717, 1.165) is 5.69 Å². The standard InChI is InChI=1S/C21H21Cl2FN4O2/c22-17-2-1-3-18(20(17)23)25-8-10-26(11-9-25)19(29)14-27-12-13-28(21(27)30)16-6-4-15(24)5-7-16/h1-7H,8-14H2. The number of anilines is 2. The van der Waals surface area contributed by atoms with E-state index in [1.807, 2.05) is 12.1 Å². The van der Waals surface area contributed by atoms with Crippen LogP contribution < -0.4 is 9.80 Å². The molecule has 0 atom stereocenters. The Hall–Kier alpha value is -2.51. The highest BCUT2D eigenvalue weighted by Crippen LogP contribution is 2.33. The molecule has 0 N–H and O–H groups in total. The number of hydrogen-bond donors (Lipinski definition) is 0. The molecule has 0 unspecified atom stereocenters. The third-order valence-electron chi connectivity index (χ3n) is 5.46. The first-order chi connectivity index (χ1) is 14.4. The van der Waals surface area contributed by atoms with Gasteiger partial charge in [0.1, 0.15) is 12.4 Å². The van der Waals surface area contributed by atoms with Gasteiger partial charge in [0.15, 0.2) is 0 Å². The summed E-state index contributed by atoms with van der Waals surface area (Å²) in [6, 6.07) is 11.1. The third kappa shape index (κ3) is 4.18. The van der Waals surface area contributed by atoms with Crippen molar-refractivity contribution in [1.29, 1.82) is 0 Å². The van der Waals surface area contributed by atoms with Gasteiger partial charge in [0.2, 0.25) is 5.91 Å². The van der Waals surface area contributed by atoms with E-state index in [0.29, 0.717) is 55.0 Å². The number of amides is 3. The van der Waals surface area contributed by atoms with Crippen molar-refractivity contribution < 1.29 is 14.0 Å². The van der Waals surface area contributed by atoms with Crippen molar-refractivity contribution in [3.05, 3.63) is 58.3 Å². The molecule has 0 aromatic heterocycles. The number of nitrogens with zero attached hydrogens (tertiary/aromatic N) is 4. The Balaban J connectivity index is 1.32. The Bertz CT molecular complexity index is 949. The lowest BCUT2D eigenvalue weighted by atomic mass is 10.2. The summed E-state index contributed by atoms with van der Waals surface area (Å²) in [6.07, 6.45) is 0. The number of hydrogen-bond acceptors (Lipinski definition) is 3. The normalized spacial score (nSPS) is 17.1. The number of halogens is 3. The van der Waals surface area contributed by atoms with Crippen LogP contribution in [0.3, 0.4) is 0 Å². The van der Waals surface area contributed by atoms with E-state index in [2.05, 4.69) is 4.90 Å². The predicted molar refractivity (Wildman–Crippen MR) is 116 cm³/mol. The molecule has 3 amide bonds. The van der Waals surface area contributed by atoms with Gasteiger partial charge in [-0.2, -0.15) is 0 Å². The second-order valence-corrected chi connectivity index (χ2v) is 8.06. The highest BCUT2D eigenvalue weighted by atomic mass is 35.5. The molecular weight excluding hydrogens is 430 g/mol. The SMILES string of the molecule is O=C(CN1CCN(c2ccc(F)cc2)C1=O)N1CCN(c2cccc(Cl)c2Cl)CC1. The van der Waals surface area contributed by atoms with Crippen LogP contribution in [0.4, 0.5) is 20.6 Å². The number of benzene rings is 2. The van der Waals surface area contributed by atoms with E-state index in [9.17, 15) is 14.0 Å². The van der Waals surface area contributed by atoms with Crippen LogP contribution in [0.1, 0.15) is 0 Å². The molecule has 0 bridgehead atoms. The molecule has 2 aromatic carbocycles. The number of carbonyl (C=O) groups excluding carboxylic acids is 2. The summed E-state index contributed by atoms with van der Waals surface area (Å²) in [5, 5.41) is 1.02. The van der Waals surface area contributed by atoms with Crippen LogP contribution in [0.5, 0.6) is 0 Å². The molecule has 2 saturated heterocycles. The minimum atomic E-state index is -0.351. The number of rotatable bonds is 4. The molecule has 2 heterocycles. The van der Waals surface area contributed by atoms with Crippen LogP contribution in [0, 0.1) is 5.82 Å². The van der Waals surface area contributed by atoms with Gasteiger partial charge in [-0.1, -0.05) is 29.3 Å². The zero-order chi connectivity index (χ0) is 21.3. The Kier molecular flexibility index (Phi) is 6.01. The summed E-state index contributed by atoms with van der Waals surface area (Å²) in [5.74, 6) is -0.434. The molecule has 0 spiro atoms. The van der Waals surface area contributed by atoms with E-state index >= 15 is 0 Å². The Morgan fingerprint density at radius 3 is 2.33 bits per heavy atom. The van der Waals surface area contributed by atoms with Gasteiger partial charge in [-0.15, -0.1) is 0 Å². The summed E-state index contributed by atoms with van der Waals surface area (Å²) in [6.45, 7) is 3.34. The van der Waals surface area contributed by atoms with Gasteiger partial charge in [-0.3, -0.25) is 9.69 Å². The van der Waals surface area contributed by atoms with Gasteiger partial charge in [0.05, 0.1) is 15.7 Å². The van der Waals surface area contributed by atoms with Crippen molar-refractivity contribution in [2.75, 3.05) is 55.6 Å². The maximum Gasteiger partial charge on any atom is 0.325 e. The first kappa shape index (κ1) is 20.8. The van der Waals surface area contributed by atoms with Crippen LogP contribution in [0.2, 0.25) is 10.0 Å². The minimum Gasteiger partial charge on any atom is -0.367 e. The van der Waals surface area contributed by atoms with Gasteiger partial charge in [-0.05, 0) is 36.4 Å². The summed E-state index contributed by atoms with van der Waals surface area (Å²) >= 11 is 12.4. The zero-order valence-electron chi connectivity index (χ0n) is 16.2. The number of piperazine rings is 1. The highest BCUT2D eigenvalue weighted by molar-refractivity contribution is 6.43. The molecule has 0 aliphatic carbocycles. The van der Waals surface area contributed by atoms with Crippen molar-refractivity contribution in [3.63, 3.8) is 0 Å². The van der Waals surface area contributed by atoms with Crippen molar-refractivity contribution >= 4 is 46.5 Å². The Labute approximate surface area is 184 Å². The molecule has 158 valence electrons. The smallest absolute Gasteiger partial charge is 0.325 e. The van der Waals surface area contributed by atoms with E-state index in [4.69, 9.17) is 23.2 Å². The van der Waals surface area contributed by atoms with Crippen LogP contribution in [0.15, 0.2) is 42.5 Å². The third-order valence-corrected chi connectivity index (χ3v) is 6.27. The summed E-state index contributed by atoms with van der Waals surface area (Å²) in [7, 11) is 0. The van der Waals surface area contributed by atoms with Crippen LogP contribution in [-0.4, -0.2) is 67.6 Å². The van der Waals surface area contributed by atoms with Gasteiger partial charge >= 0.3 is 6.03 Å². The molecule has 2 fully saturated rings. The fourth-order valence-electron chi connectivity index (χ4n) is 3.79. The topological polar surface area (TPSA) is 47.1 Å². The van der Waals surface area contributed by atoms with Crippen molar-refractivity contribution in [2.45, 2.75) is 0 Å². The Morgan fingerprint density at radius 2 is 1.63 bits per heavy atom. The van der Waals surface area contributed by atoms with Crippen molar-refractivity contribution in [3.8, 4) is 0 Å². The quantitative estimate of drug-likeness (QED) is 0.712. The molecule has 2 aliphatic heterocycles. The molecule has 9 heteroatoms. The fraction of sp³-hybridized carbons (Fsp3) is 0.333. The molecule has 2 aromatic rings. The van der Waals surface area contributed by atoms with Crippen LogP contribution in [0.25, 0.3) is 0 Å². The minimum absolute atomic E-state index is 0.0362. The number of carbonyl (C=O) groups is 2. The highest BCUT2D eigenvalue weighted by Gasteiger charge is 2.32. The second-order valence-electron chi connectivity index (χ2n) is 7.27. The summed E-state index contributed by atoms with van der Waals surface area (Å²) in [4.78, 5) is 32.4. The monoisotopic (exact) mass is 450 g/mol. The molecule has 2 aliphatic rings. The average Bonchev–Trinajstić information content (AvgIpc) is 3.11. The largest absolute Gasteiger partial charge is 0.367 e.